The van der Waals surface area contributed by atoms with Crippen molar-refractivity contribution in [3.05, 3.63) is 88.9 Å². The number of amides is 1. The van der Waals surface area contributed by atoms with Crippen LogP contribution < -0.4 is 15.4 Å². The number of thiophene rings is 1. The summed E-state index contributed by atoms with van der Waals surface area (Å²) in [6.45, 7) is 5.06. The van der Waals surface area contributed by atoms with Gasteiger partial charge in [-0.25, -0.2) is 9.97 Å². The first kappa shape index (κ1) is 25.8. The molecule has 0 aliphatic carbocycles. The molecule has 1 aliphatic rings. The van der Waals surface area contributed by atoms with Gasteiger partial charge in [0, 0.05) is 38.1 Å². The van der Waals surface area contributed by atoms with E-state index in [2.05, 4.69) is 38.7 Å². The fourth-order valence-electron chi connectivity index (χ4n) is 4.25. The summed E-state index contributed by atoms with van der Waals surface area (Å²) < 4.78 is 10.7. The van der Waals surface area contributed by atoms with Gasteiger partial charge < -0.3 is 20.1 Å². The molecule has 0 saturated carbocycles. The standard InChI is InChI=1S/C29H31N5O3S/c1-36-24-7-3-5-22(19-24)20-31-28(35)27-9-8-26(38-27)25-10-12-30-29(33-25)32-23-6-2-4-21(18-23)11-13-34-14-16-37-17-15-34/h2-10,12,18-19H,11,13-17,20H2,1H3,(H,31,35)(H,30,32,33). The maximum atomic E-state index is 12.7. The molecule has 1 amide bonds. The van der Waals surface area contributed by atoms with Crippen LogP contribution in [-0.4, -0.2) is 60.7 Å². The second kappa shape index (κ2) is 12.6. The molecule has 0 bridgehead atoms. The number of methoxy groups -OCH3 is 1. The zero-order valence-corrected chi connectivity index (χ0v) is 22.2. The predicted octanol–water partition coefficient (Wildman–Crippen LogP) is 4.76. The molecule has 8 nitrogen and oxygen atoms in total. The first-order valence-corrected chi connectivity index (χ1v) is 13.5. The van der Waals surface area contributed by atoms with Crippen LogP contribution in [0.5, 0.6) is 5.75 Å². The summed E-state index contributed by atoms with van der Waals surface area (Å²) in [5, 5.41) is 6.30. The summed E-state index contributed by atoms with van der Waals surface area (Å²) in [5.74, 6) is 1.17. The highest BCUT2D eigenvalue weighted by atomic mass is 32.1. The normalized spacial score (nSPS) is 13.7. The third kappa shape index (κ3) is 6.95. The van der Waals surface area contributed by atoms with Gasteiger partial charge in [-0.05, 0) is 60.0 Å². The molecule has 196 valence electrons. The fourth-order valence-corrected chi connectivity index (χ4v) is 5.14. The highest BCUT2D eigenvalue weighted by molar-refractivity contribution is 7.17. The van der Waals surface area contributed by atoms with Crippen molar-refractivity contribution in [2.75, 3.05) is 45.3 Å². The highest BCUT2D eigenvalue weighted by Gasteiger charge is 2.13. The molecule has 1 fully saturated rings. The largest absolute Gasteiger partial charge is 0.497 e. The van der Waals surface area contributed by atoms with Gasteiger partial charge in [0.1, 0.15) is 5.75 Å². The number of aromatic nitrogens is 2. The van der Waals surface area contributed by atoms with Crippen LogP contribution in [0, 0.1) is 0 Å². The first-order valence-electron chi connectivity index (χ1n) is 12.7. The number of hydrogen-bond acceptors (Lipinski definition) is 8. The molecule has 4 aromatic rings. The van der Waals surface area contributed by atoms with E-state index < -0.39 is 0 Å². The van der Waals surface area contributed by atoms with Gasteiger partial charge in [0.15, 0.2) is 0 Å². The molecule has 0 radical (unpaired) electrons. The summed E-state index contributed by atoms with van der Waals surface area (Å²) >= 11 is 1.41. The van der Waals surface area contributed by atoms with Crippen molar-refractivity contribution in [2.24, 2.45) is 0 Å². The van der Waals surface area contributed by atoms with Gasteiger partial charge in [-0.15, -0.1) is 11.3 Å². The van der Waals surface area contributed by atoms with Crippen LogP contribution in [0.25, 0.3) is 10.6 Å². The number of anilines is 2. The Morgan fingerprint density at radius 1 is 1.05 bits per heavy atom. The van der Waals surface area contributed by atoms with Crippen molar-refractivity contribution >= 4 is 28.9 Å². The monoisotopic (exact) mass is 529 g/mol. The van der Waals surface area contributed by atoms with Gasteiger partial charge in [-0.3, -0.25) is 9.69 Å². The van der Waals surface area contributed by atoms with E-state index in [-0.39, 0.29) is 5.91 Å². The van der Waals surface area contributed by atoms with Crippen LogP contribution in [0.15, 0.2) is 72.9 Å². The van der Waals surface area contributed by atoms with Gasteiger partial charge in [0.05, 0.1) is 35.8 Å². The number of nitrogens with one attached hydrogen (secondary N) is 2. The molecule has 0 unspecified atom stereocenters. The molecule has 1 aliphatic heterocycles. The fraction of sp³-hybridized carbons (Fsp3) is 0.276. The molecular formula is C29H31N5O3S. The summed E-state index contributed by atoms with van der Waals surface area (Å²) in [6, 6.07) is 21.6. The van der Waals surface area contributed by atoms with Crippen LogP contribution in [0.4, 0.5) is 11.6 Å². The summed E-state index contributed by atoms with van der Waals surface area (Å²) in [7, 11) is 1.63. The molecule has 5 rings (SSSR count). The zero-order valence-electron chi connectivity index (χ0n) is 21.4. The van der Waals surface area contributed by atoms with Crippen LogP contribution >= 0.6 is 11.3 Å². The Bertz CT molecular complexity index is 1370. The van der Waals surface area contributed by atoms with E-state index in [1.165, 1.54) is 16.9 Å². The molecular weight excluding hydrogens is 498 g/mol. The molecule has 0 atom stereocenters. The number of rotatable bonds is 10. The minimum atomic E-state index is -0.120. The van der Waals surface area contributed by atoms with E-state index in [0.29, 0.717) is 17.4 Å². The van der Waals surface area contributed by atoms with E-state index in [0.717, 1.165) is 66.8 Å². The second-order valence-corrected chi connectivity index (χ2v) is 10.1. The molecule has 1 saturated heterocycles. The topological polar surface area (TPSA) is 88.6 Å². The van der Waals surface area contributed by atoms with Gasteiger partial charge in [-0.2, -0.15) is 0 Å². The summed E-state index contributed by atoms with van der Waals surface area (Å²) in [4.78, 5) is 25.8. The highest BCUT2D eigenvalue weighted by Crippen LogP contribution is 2.28. The van der Waals surface area contributed by atoms with E-state index in [4.69, 9.17) is 14.5 Å². The van der Waals surface area contributed by atoms with Crippen molar-refractivity contribution in [3.63, 3.8) is 0 Å². The molecule has 38 heavy (non-hydrogen) atoms. The number of carbonyl (C=O) groups is 1. The molecule has 2 aromatic heterocycles. The molecule has 2 aromatic carbocycles. The van der Waals surface area contributed by atoms with E-state index in [1.54, 1.807) is 13.3 Å². The van der Waals surface area contributed by atoms with Gasteiger partial charge in [0.2, 0.25) is 5.95 Å². The van der Waals surface area contributed by atoms with Crippen molar-refractivity contribution in [3.8, 4) is 16.3 Å². The molecule has 0 spiro atoms. The zero-order chi connectivity index (χ0) is 26.2. The number of hydrogen-bond donors (Lipinski definition) is 2. The number of nitrogens with zero attached hydrogens (tertiary/aromatic N) is 3. The van der Waals surface area contributed by atoms with Crippen molar-refractivity contribution in [2.45, 2.75) is 13.0 Å². The van der Waals surface area contributed by atoms with Crippen molar-refractivity contribution in [1.82, 2.24) is 20.2 Å². The van der Waals surface area contributed by atoms with E-state index >= 15 is 0 Å². The lowest BCUT2D eigenvalue weighted by atomic mass is 10.1. The Morgan fingerprint density at radius 3 is 2.76 bits per heavy atom. The Hall–Kier alpha value is -3.79. The number of benzene rings is 2. The number of ether oxygens (including phenoxy) is 2. The van der Waals surface area contributed by atoms with Gasteiger partial charge in [-0.1, -0.05) is 24.3 Å². The average molecular weight is 530 g/mol. The quantitative estimate of drug-likeness (QED) is 0.306. The number of morpholine rings is 1. The van der Waals surface area contributed by atoms with Crippen LogP contribution in [0.2, 0.25) is 0 Å². The molecule has 3 heterocycles. The third-order valence-corrected chi connectivity index (χ3v) is 7.44. The Morgan fingerprint density at radius 2 is 1.89 bits per heavy atom. The van der Waals surface area contributed by atoms with Crippen LogP contribution in [0.3, 0.4) is 0 Å². The van der Waals surface area contributed by atoms with Crippen LogP contribution in [0.1, 0.15) is 20.8 Å². The van der Waals surface area contributed by atoms with Crippen molar-refractivity contribution < 1.29 is 14.3 Å². The molecule has 2 N–H and O–H groups in total. The SMILES string of the molecule is COc1cccc(CNC(=O)c2ccc(-c3ccnc(Nc4cccc(CCN5CCOCC5)c4)n3)s2)c1. The average Bonchev–Trinajstić information content (AvgIpc) is 3.47. The minimum absolute atomic E-state index is 0.120. The second-order valence-electron chi connectivity index (χ2n) is 8.99. The lowest BCUT2D eigenvalue weighted by Crippen LogP contribution is -2.37. The minimum Gasteiger partial charge on any atom is -0.497 e. The summed E-state index contributed by atoms with van der Waals surface area (Å²) in [6.07, 6.45) is 2.71. The maximum absolute atomic E-state index is 12.7. The van der Waals surface area contributed by atoms with E-state index in [9.17, 15) is 4.79 Å². The molecule has 9 heteroatoms. The first-order chi connectivity index (χ1) is 18.7. The maximum Gasteiger partial charge on any atom is 0.261 e. The van der Waals surface area contributed by atoms with Crippen LogP contribution in [-0.2, 0) is 17.7 Å². The van der Waals surface area contributed by atoms with Crippen molar-refractivity contribution in [1.29, 1.82) is 0 Å². The lowest BCUT2D eigenvalue weighted by Gasteiger charge is -2.26. The summed E-state index contributed by atoms with van der Waals surface area (Å²) in [5.41, 5.74) is 3.96. The predicted molar refractivity (Wildman–Crippen MR) is 150 cm³/mol. The Balaban J connectivity index is 1.19. The smallest absolute Gasteiger partial charge is 0.261 e. The number of carbonyl (C=O) groups excluding carboxylic acids is 1. The van der Waals surface area contributed by atoms with E-state index in [1.807, 2.05) is 48.5 Å². The Kier molecular flexibility index (Phi) is 8.60. The van der Waals surface area contributed by atoms with Gasteiger partial charge in [0.25, 0.3) is 5.91 Å². The van der Waals surface area contributed by atoms with Gasteiger partial charge >= 0.3 is 0 Å². The Labute approximate surface area is 226 Å². The third-order valence-electron chi connectivity index (χ3n) is 6.33. The lowest BCUT2D eigenvalue weighted by molar-refractivity contribution is 0.0384.